The van der Waals surface area contributed by atoms with Crippen LogP contribution in [0.15, 0.2) is 36.5 Å². The number of fused-ring (bicyclic) bond motifs is 1. The Balaban J connectivity index is 2.36. The molecule has 0 bridgehead atoms. The van der Waals surface area contributed by atoms with Crippen molar-refractivity contribution in [3.8, 4) is 5.69 Å². The van der Waals surface area contributed by atoms with Crippen molar-refractivity contribution < 1.29 is 0 Å². The third-order valence-electron chi connectivity index (χ3n) is 2.90. The Hall–Kier alpha value is -1.29. The number of imidazole rings is 1. The van der Waals surface area contributed by atoms with Crippen molar-refractivity contribution in [2.24, 2.45) is 0 Å². The molecule has 1 atom stereocenters. The smallest absolute Gasteiger partial charge is 0.164 e. The fourth-order valence-electron chi connectivity index (χ4n) is 2.12. The van der Waals surface area contributed by atoms with Gasteiger partial charge in [-0.2, -0.15) is 0 Å². The number of pyridine rings is 1. The SMILES string of the molecule is CC(Cl)c1nc2cccnc2n1-c1cc(Cl)cc(Cl)c1. The van der Waals surface area contributed by atoms with Gasteiger partial charge in [0.1, 0.15) is 11.3 Å². The van der Waals surface area contributed by atoms with Crippen molar-refractivity contribution in [1.82, 2.24) is 14.5 Å². The maximum absolute atomic E-state index is 6.23. The third kappa shape index (κ3) is 2.37. The molecule has 1 aromatic carbocycles. The quantitative estimate of drug-likeness (QED) is 0.619. The molecule has 102 valence electrons. The summed E-state index contributed by atoms with van der Waals surface area (Å²) in [6.07, 6.45) is 1.72. The molecular formula is C14H10Cl3N3. The number of hydrogen-bond acceptors (Lipinski definition) is 2. The molecule has 0 radical (unpaired) electrons. The maximum atomic E-state index is 6.23. The van der Waals surface area contributed by atoms with Crippen molar-refractivity contribution in [3.63, 3.8) is 0 Å². The minimum atomic E-state index is -0.262. The molecule has 0 N–H and O–H groups in total. The van der Waals surface area contributed by atoms with Crippen molar-refractivity contribution in [2.75, 3.05) is 0 Å². The number of aromatic nitrogens is 3. The van der Waals surface area contributed by atoms with Crippen LogP contribution in [0.1, 0.15) is 18.1 Å². The second-order valence-corrected chi connectivity index (χ2v) is 5.92. The Kier molecular flexibility index (Phi) is 3.59. The Morgan fingerprint density at radius 3 is 2.50 bits per heavy atom. The summed E-state index contributed by atoms with van der Waals surface area (Å²) in [6.45, 7) is 1.87. The summed E-state index contributed by atoms with van der Waals surface area (Å²) in [5.74, 6) is 0.707. The topological polar surface area (TPSA) is 30.7 Å². The molecule has 1 unspecified atom stereocenters. The molecule has 6 heteroatoms. The van der Waals surface area contributed by atoms with E-state index in [0.29, 0.717) is 15.9 Å². The van der Waals surface area contributed by atoms with Crippen LogP contribution < -0.4 is 0 Å². The predicted octanol–water partition coefficient (Wildman–Crippen LogP) is 5.03. The first-order valence-electron chi connectivity index (χ1n) is 6.00. The van der Waals surface area contributed by atoms with Crippen molar-refractivity contribution in [3.05, 3.63) is 52.4 Å². The van der Waals surface area contributed by atoms with Gasteiger partial charge >= 0.3 is 0 Å². The van der Waals surface area contributed by atoms with Crippen LogP contribution >= 0.6 is 34.8 Å². The average molecular weight is 327 g/mol. The van der Waals surface area contributed by atoms with Gasteiger partial charge in [-0.3, -0.25) is 4.57 Å². The molecular weight excluding hydrogens is 317 g/mol. The third-order valence-corrected chi connectivity index (χ3v) is 3.53. The van der Waals surface area contributed by atoms with Gasteiger partial charge in [0.2, 0.25) is 0 Å². The lowest BCUT2D eigenvalue weighted by Crippen LogP contribution is -2.02. The van der Waals surface area contributed by atoms with E-state index in [1.54, 1.807) is 12.3 Å². The second kappa shape index (κ2) is 5.24. The van der Waals surface area contributed by atoms with E-state index in [2.05, 4.69) is 9.97 Å². The van der Waals surface area contributed by atoms with Crippen LogP contribution in [-0.2, 0) is 0 Å². The highest BCUT2D eigenvalue weighted by atomic mass is 35.5. The molecule has 3 nitrogen and oxygen atoms in total. The standard InChI is InChI=1S/C14H10Cl3N3/c1-8(15)13-19-12-3-2-4-18-14(12)20(13)11-6-9(16)5-10(17)7-11/h2-8H,1H3. The molecule has 2 heterocycles. The van der Waals surface area contributed by atoms with Crippen LogP contribution in [0.3, 0.4) is 0 Å². The number of benzene rings is 1. The van der Waals surface area contributed by atoms with E-state index in [1.807, 2.05) is 35.8 Å². The van der Waals surface area contributed by atoms with E-state index in [1.165, 1.54) is 0 Å². The van der Waals surface area contributed by atoms with E-state index < -0.39 is 0 Å². The molecule has 0 spiro atoms. The van der Waals surface area contributed by atoms with Gasteiger partial charge in [-0.1, -0.05) is 23.2 Å². The number of halogens is 3. The van der Waals surface area contributed by atoms with Crippen molar-refractivity contribution in [2.45, 2.75) is 12.3 Å². The van der Waals surface area contributed by atoms with Gasteiger partial charge < -0.3 is 0 Å². The van der Waals surface area contributed by atoms with Crippen LogP contribution in [0.4, 0.5) is 0 Å². The highest BCUT2D eigenvalue weighted by molar-refractivity contribution is 6.34. The molecule has 2 aromatic heterocycles. The molecule has 0 aliphatic carbocycles. The fraction of sp³-hybridized carbons (Fsp3) is 0.143. The van der Waals surface area contributed by atoms with E-state index in [4.69, 9.17) is 34.8 Å². The first kappa shape index (κ1) is 13.7. The van der Waals surface area contributed by atoms with Crippen LogP contribution in [-0.4, -0.2) is 14.5 Å². The summed E-state index contributed by atoms with van der Waals surface area (Å²) in [4.78, 5) is 8.91. The van der Waals surface area contributed by atoms with Crippen LogP contribution in [0.5, 0.6) is 0 Å². The van der Waals surface area contributed by atoms with Gasteiger partial charge in [0, 0.05) is 16.2 Å². The maximum Gasteiger partial charge on any atom is 0.164 e. The monoisotopic (exact) mass is 325 g/mol. The van der Waals surface area contributed by atoms with Crippen molar-refractivity contribution in [1.29, 1.82) is 0 Å². The highest BCUT2D eigenvalue weighted by Crippen LogP contribution is 2.29. The molecule has 0 saturated carbocycles. The van der Waals surface area contributed by atoms with Gasteiger partial charge in [-0.15, -0.1) is 11.6 Å². The Morgan fingerprint density at radius 2 is 1.85 bits per heavy atom. The van der Waals surface area contributed by atoms with Crippen molar-refractivity contribution >= 4 is 46.0 Å². The number of rotatable bonds is 2. The first-order valence-corrected chi connectivity index (χ1v) is 7.19. The predicted molar refractivity (Wildman–Crippen MR) is 83.2 cm³/mol. The zero-order chi connectivity index (χ0) is 14.3. The Bertz CT molecular complexity index is 760. The lowest BCUT2D eigenvalue weighted by molar-refractivity contribution is 0.877. The van der Waals surface area contributed by atoms with E-state index in [0.717, 1.165) is 16.9 Å². The largest absolute Gasteiger partial charge is 0.279 e. The van der Waals surface area contributed by atoms with Gasteiger partial charge in [-0.05, 0) is 37.3 Å². The summed E-state index contributed by atoms with van der Waals surface area (Å²) in [6, 6.07) is 9.04. The summed E-state index contributed by atoms with van der Waals surface area (Å²) in [7, 11) is 0. The lowest BCUT2D eigenvalue weighted by Gasteiger charge is -2.10. The summed E-state index contributed by atoms with van der Waals surface area (Å²) >= 11 is 18.4. The molecule has 3 aromatic rings. The molecule has 0 amide bonds. The molecule has 0 aliphatic rings. The van der Waals surface area contributed by atoms with E-state index in [-0.39, 0.29) is 5.38 Å². The second-order valence-electron chi connectivity index (χ2n) is 4.40. The van der Waals surface area contributed by atoms with Crippen LogP contribution in [0.25, 0.3) is 16.9 Å². The zero-order valence-electron chi connectivity index (χ0n) is 10.5. The Labute approximate surface area is 131 Å². The van der Waals surface area contributed by atoms with E-state index in [9.17, 15) is 0 Å². The molecule has 0 fully saturated rings. The highest BCUT2D eigenvalue weighted by Gasteiger charge is 2.17. The average Bonchev–Trinajstić information content (AvgIpc) is 2.77. The van der Waals surface area contributed by atoms with Gasteiger partial charge in [0.05, 0.1) is 11.1 Å². The summed E-state index contributed by atoms with van der Waals surface area (Å²) in [5, 5.41) is 0.846. The van der Waals surface area contributed by atoms with Gasteiger partial charge in [-0.25, -0.2) is 9.97 Å². The number of nitrogens with zero attached hydrogens (tertiary/aromatic N) is 3. The fourth-order valence-corrected chi connectivity index (χ4v) is 2.78. The Morgan fingerprint density at radius 1 is 1.15 bits per heavy atom. The molecule has 3 rings (SSSR count). The summed E-state index contributed by atoms with van der Waals surface area (Å²) < 4.78 is 1.88. The first-order chi connectivity index (χ1) is 9.56. The summed E-state index contributed by atoms with van der Waals surface area (Å²) in [5.41, 5.74) is 2.31. The van der Waals surface area contributed by atoms with Gasteiger partial charge in [0.25, 0.3) is 0 Å². The lowest BCUT2D eigenvalue weighted by atomic mass is 10.3. The van der Waals surface area contributed by atoms with Gasteiger partial charge in [0.15, 0.2) is 5.65 Å². The number of alkyl halides is 1. The molecule has 0 saturated heterocycles. The van der Waals surface area contributed by atoms with Crippen LogP contribution in [0.2, 0.25) is 10.0 Å². The zero-order valence-corrected chi connectivity index (χ0v) is 12.8. The van der Waals surface area contributed by atoms with E-state index >= 15 is 0 Å². The minimum absolute atomic E-state index is 0.262. The molecule has 20 heavy (non-hydrogen) atoms. The number of hydrogen-bond donors (Lipinski definition) is 0. The molecule has 0 aliphatic heterocycles. The minimum Gasteiger partial charge on any atom is -0.279 e. The van der Waals surface area contributed by atoms with Crippen LogP contribution in [0, 0.1) is 0 Å². The normalized spacial score (nSPS) is 12.8.